The molecule has 3 N–H and O–H groups in total. The minimum Gasteiger partial charge on any atom is -0.465 e. The molecule has 0 fully saturated rings. The summed E-state index contributed by atoms with van der Waals surface area (Å²) in [6.07, 6.45) is 7.90. The second-order valence-electron chi connectivity index (χ2n) is 19.1. The Labute approximate surface area is 407 Å². The van der Waals surface area contributed by atoms with E-state index in [2.05, 4.69) is 183 Å². The van der Waals surface area contributed by atoms with E-state index in [1.54, 1.807) is 0 Å². The van der Waals surface area contributed by atoms with Gasteiger partial charge in [-0.1, -0.05) is 27.0 Å². The third kappa shape index (κ3) is 14.3. The van der Waals surface area contributed by atoms with Crippen LogP contribution in [0.2, 0.25) is 0 Å². The molecule has 1 amide bonds. The summed E-state index contributed by atoms with van der Waals surface area (Å²) in [6, 6.07) is 37.6. The standard InChI is InChI=1S/C57H76N7O3P/c1-42(40-64-53-39-45(4)44(3)38-52(53)62-56-47(6)60-48(7)61-57(56)64)37-43(2)41-67-55(66)31-19-18-30-54(65)59-33-22-35-63(8)34-21-32-58-46(5)23-20-36-68(49-24-12-9-13-25-49,50-26-14-10-15-27-50)51-28-16-11-17-29-51/h9-17,24-29,38-39,42-43,58,60,68H,5-7,18-23,30-37,40-41H2,1-4,8H3,(H,59,65). The first kappa shape index (κ1) is 51.6. The molecular formula is C57H76N7O3P. The van der Waals surface area contributed by atoms with Gasteiger partial charge < -0.3 is 20.3 Å². The molecular weight excluding hydrogens is 862 g/mol. The van der Waals surface area contributed by atoms with Crippen molar-refractivity contribution in [3.63, 3.8) is 0 Å². The van der Waals surface area contributed by atoms with E-state index >= 15 is 0 Å². The van der Waals surface area contributed by atoms with E-state index in [0.717, 1.165) is 93.1 Å². The van der Waals surface area contributed by atoms with Crippen molar-refractivity contribution in [1.29, 1.82) is 0 Å². The van der Waals surface area contributed by atoms with Gasteiger partial charge in [0.05, 0.1) is 23.7 Å². The summed E-state index contributed by atoms with van der Waals surface area (Å²) in [7, 11) is -0.0990. The molecule has 4 aromatic rings. The van der Waals surface area contributed by atoms with Gasteiger partial charge in [0.1, 0.15) is 11.5 Å². The quantitative estimate of drug-likeness (QED) is 0.0311. The molecule has 0 spiro atoms. The zero-order valence-corrected chi connectivity index (χ0v) is 42.4. The molecule has 2 unspecified atom stereocenters. The number of amidine groups is 1. The Bertz CT molecular complexity index is 2300. The van der Waals surface area contributed by atoms with Gasteiger partial charge >= 0.3 is 208 Å². The van der Waals surface area contributed by atoms with Crippen LogP contribution in [0.1, 0.15) is 82.8 Å². The molecule has 4 aromatic carbocycles. The molecule has 6 rings (SSSR count). The number of allylic oxidation sites excluding steroid dienone is 1. The van der Waals surface area contributed by atoms with Gasteiger partial charge in [-0.2, -0.15) is 0 Å². The predicted octanol–water partition coefficient (Wildman–Crippen LogP) is 9.39. The van der Waals surface area contributed by atoms with Crippen LogP contribution in [-0.4, -0.2) is 80.9 Å². The second kappa shape index (κ2) is 25.5. The van der Waals surface area contributed by atoms with Crippen LogP contribution < -0.4 is 36.8 Å². The summed E-state index contributed by atoms with van der Waals surface area (Å²) < 4.78 is 5.68. The van der Waals surface area contributed by atoms with Crippen molar-refractivity contribution in [2.45, 2.75) is 85.5 Å². The molecule has 2 heterocycles. The summed E-state index contributed by atoms with van der Waals surface area (Å²) >= 11 is 0. The fourth-order valence-electron chi connectivity index (χ4n) is 9.54. The number of anilines is 1. The monoisotopic (exact) mass is 938 g/mol. The number of hydrogen-bond donors (Lipinski definition) is 3. The van der Waals surface area contributed by atoms with Gasteiger partial charge in [0.2, 0.25) is 5.91 Å². The number of rotatable bonds is 27. The number of hydrogen-bond acceptors (Lipinski definition) is 9. The molecule has 0 saturated heterocycles. The molecule has 10 nitrogen and oxygen atoms in total. The Kier molecular flexibility index (Phi) is 19.3. The molecule has 0 saturated carbocycles. The van der Waals surface area contributed by atoms with E-state index in [9.17, 15) is 9.59 Å². The zero-order valence-electron chi connectivity index (χ0n) is 41.4. The van der Waals surface area contributed by atoms with E-state index in [1.165, 1.54) is 27.0 Å². The molecule has 2 atom stereocenters. The summed E-state index contributed by atoms with van der Waals surface area (Å²) in [5.41, 5.74) is 6.85. The molecule has 11 heteroatoms. The number of carbonyl (C=O) groups is 2. The third-order valence-electron chi connectivity index (χ3n) is 13.2. The normalized spacial score (nSPS) is 14.5. The number of amides is 1. The first-order chi connectivity index (χ1) is 32.8. The fraction of sp³-hybridized carbons (Fsp3) is 0.404. The number of nitrogens with one attached hydrogen (secondary N) is 3. The van der Waals surface area contributed by atoms with Crippen LogP contribution in [0.5, 0.6) is 0 Å². The first-order valence-corrected chi connectivity index (χ1v) is 27.0. The van der Waals surface area contributed by atoms with Gasteiger partial charge in [-0.05, 0) is 68.2 Å². The van der Waals surface area contributed by atoms with Crippen LogP contribution in [0.4, 0.5) is 11.4 Å². The topological polar surface area (TPSA) is 111 Å². The molecule has 2 aliphatic rings. The Morgan fingerprint density at radius 1 is 0.750 bits per heavy atom. The SMILES string of the molecule is C=C(CCC[PH](c1ccccc1)(c1ccccc1)c1ccccc1)NCCCN(C)CCCNC(=O)CCCCC(=O)OCC(C)CC(C)CN1C2=NC(=C)NC(=C)C2=Nc2cc(C)c(C)cc21. The van der Waals surface area contributed by atoms with Gasteiger partial charge in [0.15, 0.2) is 5.84 Å². The van der Waals surface area contributed by atoms with Gasteiger partial charge in [-0.3, -0.25) is 9.59 Å². The number of nitrogens with zero attached hydrogens (tertiary/aromatic N) is 4. The third-order valence-corrected chi connectivity index (χ3v) is 18.3. The van der Waals surface area contributed by atoms with Crippen LogP contribution in [0.25, 0.3) is 0 Å². The average molecular weight is 938 g/mol. The van der Waals surface area contributed by atoms with Crippen molar-refractivity contribution in [3.05, 3.63) is 151 Å². The molecule has 2 aliphatic heterocycles. The van der Waals surface area contributed by atoms with Crippen molar-refractivity contribution in [2.75, 3.05) is 57.4 Å². The minimum absolute atomic E-state index is 0.0339. The van der Waals surface area contributed by atoms with Crippen molar-refractivity contribution >= 4 is 58.0 Å². The number of esters is 1. The van der Waals surface area contributed by atoms with Gasteiger partial charge in [-0.15, -0.1) is 0 Å². The van der Waals surface area contributed by atoms with Crippen LogP contribution >= 0.6 is 7.26 Å². The van der Waals surface area contributed by atoms with Crippen molar-refractivity contribution < 1.29 is 14.3 Å². The molecule has 0 aliphatic carbocycles. The van der Waals surface area contributed by atoms with Gasteiger partial charge in [-0.25, -0.2) is 9.98 Å². The maximum atomic E-state index is 12.6. The predicted molar refractivity (Wildman–Crippen MR) is 289 cm³/mol. The Hall–Kier alpha value is -5.83. The van der Waals surface area contributed by atoms with E-state index < -0.39 is 7.26 Å². The van der Waals surface area contributed by atoms with Gasteiger partial charge in [0, 0.05) is 19.4 Å². The van der Waals surface area contributed by atoms with Gasteiger partial charge in [0.25, 0.3) is 0 Å². The first-order valence-electron chi connectivity index (χ1n) is 24.7. The Morgan fingerprint density at radius 2 is 1.32 bits per heavy atom. The molecule has 0 radical (unpaired) electrons. The number of unbranched alkanes of at least 4 members (excludes halogenated alkanes) is 1. The number of aryl methyl sites for hydroxylation is 2. The zero-order chi connectivity index (χ0) is 48.5. The van der Waals surface area contributed by atoms with Crippen molar-refractivity contribution in [2.24, 2.45) is 21.8 Å². The Balaban J connectivity index is 0.802. The van der Waals surface area contributed by atoms with Crippen molar-refractivity contribution in [1.82, 2.24) is 20.9 Å². The molecule has 0 aromatic heterocycles. The number of ether oxygens (including phenoxy) is 1. The molecule has 0 bridgehead atoms. The second-order valence-corrected chi connectivity index (χ2v) is 23.1. The average Bonchev–Trinajstić information content (AvgIpc) is 3.33. The van der Waals surface area contributed by atoms with Crippen LogP contribution in [0.3, 0.4) is 0 Å². The molecule has 68 heavy (non-hydrogen) atoms. The fourth-order valence-corrected chi connectivity index (χ4v) is 14.4. The summed E-state index contributed by atoms with van der Waals surface area (Å²) in [5, 5.41) is 14.1. The van der Waals surface area contributed by atoms with Crippen LogP contribution in [0, 0.1) is 25.7 Å². The van der Waals surface area contributed by atoms with Crippen LogP contribution in [0.15, 0.2) is 150 Å². The number of fused-ring (bicyclic) bond motifs is 2. The summed E-state index contributed by atoms with van der Waals surface area (Å²) in [4.78, 5) is 39.4. The summed E-state index contributed by atoms with van der Waals surface area (Å²) in [5.74, 6) is 1.59. The number of carbonyl (C=O) groups excluding carboxylic acids is 2. The number of aliphatic imine (C=N–C) groups is 2. The Morgan fingerprint density at radius 3 is 1.94 bits per heavy atom. The number of benzene rings is 4. The van der Waals surface area contributed by atoms with E-state index in [1.807, 2.05) is 0 Å². The van der Waals surface area contributed by atoms with E-state index in [0.29, 0.717) is 50.4 Å². The minimum atomic E-state index is -2.24. The maximum absolute atomic E-state index is 12.6. The molecule has 362 valence electrons. The van der Waals surface area contributed by atoms with E-state index in [-0.39, 0.29) is 23.7 Å². The van der Waals surface area contributed by atoms with E-state index in [4.69, 9.17) is 14.7 Å². The van der Waals surface area contributed by atoms with Crippen molar-refractivity contribution in [3.8, 4) is 0 Å². The smallest absolute Gasteiger partial charge is 0.465 e. The summed E-state index contributed by atoms with van der Waals surface area (Å²) in [6.45, 7) is 25.7. The van der Waals surface area contributed by atoms with Crippen LogP contribution in [-0.2, 0) is 14.3 Å².